The Labute approximate surface area is 116 Å². The predicted molar refractivity (Wildman–Crippen MR) is 74.6 cm³/mol. The van der Waals surface area contributed by atoms with Crippen molar-refractivity contribution in [3.8, 4) is 0 Å². The molecule has 1 aromatic rings. The Kier molecular flexibility index (Phi) is 4.40. The van der Waals surface area contributed by atoms with E-state index in [1.807, 2.05) is 6.92 Å². The lowest BCUT2D eigenvalue weighted by atomic mass is 9.88. The molecule has 2 atom stereocenters. The van der Waals surface area contributed by atoms with Gasteiger partial charge in [-0.2, -0.15) is 0 Å². The number of carbonyl (C=O) groups is 1. The number of nitrogens with one attached hydrogen (secondary N) is 1. The summed E-state index contributed by atoms with van der Waals surface area (Å²) in [4.78, 5) is 11.4. The van der Waals surface area contributed by atoms with E-state index in [2.05, 4.69) is 39.4 Å². The van der Waals surface area contributed by atoms with Crippen molar-refractivity contribution in [3.63, 3.8) is 0 Å². The van der Waals surface area contributed by atoms with Gasteiger partial charge in [0.25, 0.3) is 0 Å². The van der Waals surface area contributed by atoms with Gasteiger partial charge in [0, 0.05) is 10.5 Å². The number of carbonyl (C=O) groups excluding carboxylic acids is 1. The van der Waals surface area contributed by atoms with Crippen LogP contribution in [0.2, 0.25) is 0 Å². The van der Waals surface area contributed by atoms with Crippen LogP contribution < -0.4 is 5.32 Å². The van der Waals surface area contributed by atoms with Gasteiger partial charge in [-0.15, -0.1) is 0 Å². The average Bonchev–Trinajstić information content (AvgIpc) is 2.38. The van der Waals surface area contributed by atoms with Gasteiger partial charge in [0.1, 0.15) is 6.04 Å². The van der Waals surface area contributed by atoms with Crippen LogP contribution in [0.3, 0.4) is 0 Å². The molecular weight excluding hydrogens is 294 g/mol. The number of ether oxygens (including phenoxy) is 1. The molecule has 18 heavy (non-hydrogen) atoms. The molecule has 0 aliphatic heterocycles. The maximum atomic E-state index is 11.4. The normalized spacial score (nSPS) is 20.1. The van der Waals surface area contributed by atoms with E-state index >= 15 is 0 Å². The number of hydrogen-bond donors (Lipinski definition) is 1. The number of esters is 1. The zero-order valence-corrected chi connectivity index (χ0v) is 12.3. The number of methoxy groups -OCH3 is 1. The van der Waals surface area contributed by atoms with Crippen molar-refractivity contribution < 1.29 is 9.53 Å². The third-order valence-corrected chi connectivity index (χ3v) is 3.93. The molecule has 0 saturated heterocycles. The van der Waals surface area contributed by atoms with Crippen LogP contribution in [0.25, 0.3) is 0 Å². The number of rotatable bonds is 3. The van der Waals surface area contributed by atoms with Gasteiger partial charge in [0.05, 0.1) is 7.11 Å². The Balaban J connectivity index is 2.00. The third kappa shape index (κ3) is 3.12. The van der Waals surface area contributed by atoms with Crippen LogP contribution in [-0.4, -0.2) is 25.2 Å². The Morgan fingerprint density at radius 1 is 1.50 bits per heavy atom. The van der Waals surface area contributed by atoms with Crippen LogP contribution in [0.5, 0.6) is 0 Å². The fourth-order valence-electron chi connectivity index (χ4n) is 2.46. The van der Waals surface area contributed by atoms with E-state index < -0.39 is 0 Å². The minimum Gasteiger partial charge on any atom is -0.468 e. The minimum absolute atomic E-state index is 0.198. The number of halogens is 1. The van der Waals surface area contributed by atoms with Crippen molar-refractivity contribution in [2.24, 2.45) is 0 Å². The van der Waals surface area contributed by atoms with Crippen molar-refractivity contribution in [2.75, 3.05) is 7.11 Å². The molecule has 0 fully saturated rings. The molecule has 98 valence electrons. The number of fused-ring (bicyclic) bond motifs is 1. The molecule has 2 rings (SSSR count). The first kappa shape index (κ1) is 13.6. The van der Waals surface area contributed by atoms with Gasteiger partial charge in [-0.1, -0.05) is 22.0 Å². The molecule has 1 aliphatic carbocycles. The SMILES string of the molecule is COC(=O)[C@H](C)NC1CCc2cc(Br)ccc2C1. The van der Waals surface area contributed by atoms with Crippen LogP contribution in [0, 0.1) is 0 Å². The summed E-state index contributed by atoms with van der Waals surface area (Å²) in [5, 5.41) is 3.34. The van der Waals surface area contributed by atoms with Crippen molar-refractivity contribution >= 4 is 21.9 Å². The van der Waals surface area contributed by atoms with E-state index in [1.54, 1.807) is 0 Å². The first-order valence-electron chi connectivity index (χ1n) is 6.21. The predicted octanol–water partition coefficient (Wildman–Crippen LogP) is 2.46. The Bertz CT molecular complexity index is 447. The van der Waals surface area contributed by atoms with Crippen molar-refractivity contribution in [1.82, 2.24) is 5.32 Å². The first-order valence-corrected chi connectivity index (χ1v) is 7.00. The fraction of sp³-hybridized carbons (Fsp3) is 0.500. The number of hydrogen-bond acceptors (Lipinski definition) is 3. The molecule has 0 saturated carbocycles. The molecule has 4 heteroatoms. The second kappa shape index (κ2) is 5.85. The zero-order chi connectivity index (χ0) is 13.1. The molecule has 0 radical (unpaired) electrons. The molecule has 0 amide bonds. The highest BCUT2D eigenvalue weighted by Gasteiger charge is 2.22. The molecule has 0 aromatic heterocycles. The van der Waals surface area contributed by atoms with Crippen LogP contribution in [0.4, 0.5) is 0 Å². The molecule has 3 nitrogen and oxygen atoms in total. The number of benzene rings is 1. The molecule has 0 spiro atoms. The summed E-state index contributed by atoms with van der Waals surface area (Å²) in [6.07, 6.45) is 3.09. The lowest BCUT2D eigenvalue weighted by molar-refractivity contribution is -0.142. The van der Waals surface area contributed by atoms with E-state index in [9.17, 15) is 4.79 Å². The molecule has 1 unspecified atom stereocenters. The van der Waals surface area contributed by atoms with Crippen LogP contribution in [0.1, 0.15) is 24.5 Å². The van der Waals surface area contributed by atoms with E-state index in [1.165, 1.54) is 18.2 Å². The van der Waals surface area contributed by atoms with Crippen LogP contribution in [0.15, 0.2) is 22.7 Å². The van der Waals surface area contributed by atoms with E-state index in [4.69, 9.17) is 4.74 Å². The maximum Gasteiger partial charge on any atom is 0.322 e. The van der Waals surface area contributed by atoms with E-state index in [0.717, 1.165) is 23.7 Å². The zero-order valence-electron chi connectivity index (χ0n) is 10.7. The maximum absolute atomic E-state index is 11.4. The molecular formula is C14H18BrNO2. The highest BCUT2D eigenvalue weighted by atomic mass is 79.9. The van der Waals surface area contributed by atoms with Crippen molar-refractivity contribution in [1.29, 1.82) is 0 Å². The smallest absolute Gasteiger partial charge is 0.322 e. The highest BCUT2D eigenvalue weighted by Crippen LogP contribution is 2.25. The molecule has 1 aromatic carbocycles. The van der Waals surface area contributed by atoms with Crippen molar-refractivity contribution in [2.45, 2.75) is 38.3 Å². The quantitative estimate of drug-likeness (QED) is 0.871. The van der Waals surface area contributed by atoms with Gasteiger partial charge < -0.3 is 10.1 Å². The fourth-order valence-corrected chi connectivity index (χ4v) is 2.87. The Morgan fingerprint density at radius 2 is 2.28 bits per heavy atom. The number of aryl methyl sites for hydroxylation is 1. The lowest BCUT2D eigenvalue weighted by Gasteiger charge is -2.27. The molecule has 0 heterocycles. The molecule has 1 N–H and O–H groups in total. The van der Waals surface area contributed by atoms with Gasteiger partial charge in [0.15, 0.2) is 0 Å². The standard InChI is InChI=1S/C14H18BrNO2/c1-9(14(17)18-2)16-13-6-4-10-7-12(15)5-3-11(10)8-13/h3,5,7,9,13,16H,4,6,8H2,1-2H3/t9-,13?/m0/s1. The van der Waals surface area contributed by atoms with Crippen LogP contribution >= 0.6 is 15.9 Å². The lowest BCUT2D eigenvalue weighted by Crippen LogP contribution is -2.44. The molecule has 0 bridgehead atoms. The molecule has 1 aliphatic rings. The van der Waals surface area contributed by atoms with Gasteiger partial charge in [0.2, 0.25) is 0 Å². The Hall–Kier alpha value is -0.870. The summed E-state index contributed by atoms with van der Waals surface area (Å²) >= 11 is 3.50. The summed E-state index contributed by atoms with van der Waals surface area (Å²) in [7, 11) is 1.42. The van der Waals surface area contributed by atoms with Crippen LogP contribution in [-0.2, 0) is 22.4 Å². The van der Waals surface area contributed by atoms with E-state index in [0.29, 0.717) is 6.04 Å². The van der Waals surface area contributed by atoms with Gasteiger partial charge in [-0.3, -0.25) is 4.79 Å². The summed E-state index contributed by atoms with van der Waals surface area (Å²) in [6.45, 7) is 1.85. The van der Waals surface area contributed by atoms with E-state index in [-0.39, 0.29) is 12.0 Å². The first-order chi connectivity index (χ1) is 8.60. The largest absolute Gasteiger partial charge is 0.468 e. The summed E-state index contributed by atoms with van der Waals surface area (Å²) in [5.41, 5.74) is 2.78. The topological polar surface area (TPSA) is 38.3 Å². The second-order valence-corrected chi connectivity index (χ2v) is 5.68. The Morgan fingerprint density at radius 3 is 3.00 bits per heavy atom. The third-order valence-electron chi connectivity index (χ3n) is 3.44. The summed E-state index contributed by atoms with van der Waals surface area (Å²) < 4.78 is 5.87. The van der Waals surface area contributed by atoms with Gasteiger partial charge in [-0.25, -0.2) is 0 Å². The average molecular weight is 312 g/mol. The monoisotopic (exact) mass is 311 g/mol. The van der Waals surface area contributed by atoms with Gasteiger partial charge >= 0.3 is 5.97 Å². The highest BCUT2D eigenvalue weighted by molar-refractivity contribution is 9.10. The summed E-state index contributed by atoms with van der Waals surface area (Å²) in [5.74, 6) is -0.198. The van der Waals surface area contributed by atoms with Gasteiger partial charge in [-0.05, 0) is 49.4 Å². The summed E-state index contributed by atoms with van der Waals surface area (Å²) in [6, 6.07) is 6.54. The van der Waals surface area contributed by atoms with Crippen molar-refractivity contribution in [3.05, 3.63) is 33.8 Å². The minimum atomic E-state index is -0.239. The second-order valence-electron chi connectivity index (χ2n) is 4.76.